The molecule has 20 heavy (non-hydrogen) atoms. The van der Waals surface area contributed by atoms with E-state index in [4.69, 9.17) is 0 Å². The van der Waals surface area contributed by atoms with Crippen LogP contribution in [0.15, 0.2) is 18.3 Å². The largest absolute Gasteiger partial charge is 0.313 e. The maximum Gasteiger partial charge on any atom is 0.0419 e. The van der Waals surface area contributed by atoms with Gasteiger partial charge in [-0.25, -0.2) is 0 Å². The van der Waals surface area contributed by atoms with Gasteiger partial charge in [0.25, 0.3) is 0 Å². The summed E-state index contributed by atoms with van der Waals surface area (Å²) < 4.78 is 0. The summed E-state index contributed by atoms with van der Waals surface area (Å²) >= 11 is 0. The van der Waals surface area contributed by atoms with Gasteiger partial charge in [-0.1, -0.05) is 25.8 Å². The summed E-state index contributed by atoms with van der Waals surface area (Å²) in [5.74, 6) is 2.96. The maximum absolute atomic E-state index is 4.61. The van der Waals surface area contributed by atoms with Gasteiger partial charge in [0.1, 0.15) is 0 Å². The van der Waals surface area contributed by atoms with Crippen LogP contribution in [-0.2, 0) is 6.42 Å². The molecule has 2 aliphatic carbocycles. The zero-order chi connectivity index (χ0) is 13.9. The molecule has 2 nitrogen and oxygen atoms in total. The first-order chi connectivity index (χ1) is 9.79. The van der Waals surface area contributed by atoms with Gasteiger partial charge in [0, 0.05) is 24.4 Å². The molecule has 0 amide bonds. The molecule has 1 N–H and O–H groups in total. The Kier molecular flexibility index (Phi) is 4.40. The number of hydrogen-bond acceptors (Lipinski definition) is 2. The fourth-order valence-corrected chi connectivity index (χ4v) is 4.16. The third-order valence-electron chi connectivity index (χ3n) is 5.25. The molecule has 2 heteroatoms. The molecule has 3 unspecified atom stereocenters. The van der Waals surface area contributed by atoms with Crippen LogP contribution in [0.1, 0.15) is 50.3 Å². The maximum atomic E-state index is 4.61. The highest BCUT2D eigenvalue weighted by atomic mass is 14.9. The fourth-order valence-electron chi connectivity index (χ4n) is 4.16. The number of nitrogens with zero attached hydrogens (tertiary/aromatic N) is 1. The van der Waals surface area contributed by atoms with Gasteiger partial charge in [-0.05, 0) is 62.1 Å². The molecular weight excluding hydrogens is 244 g/mol. The smallest absolute Gasteiger partial charge is 0.0419 e. The van der Waals surface area contributed by atoms with Crippen molar-refractivity contribution in [1.29, 1.82) is 0 Å². The van der Waals surface area contributed by atoms with Gasteiger partial charge in [-0.15, -0.1) is 0 Å². The van der Waals surface area contributed by atoms with Gasteiger partial charge in [0.15, 0.2) is 0 Å². The molecular formula is C18H28N2. The quantitative estimate of drug-likeness (QED) is 0.853. The monoisotopic (exact) mass is 272 g/mol. The van der Waals surface area contributed by atoms with E-state index in [9.17, 15) is 0 Å². The topological polar surface area (TPSA) is 24.9 Å². The predicted octanol–water partition coefficient (Wildman–Crippen LogP) is 3.74. The standard InChI is InChI=1S/C18H28N2/c1-3-10-19-17(11-14-9-8-13(2)12-20-14)18-15-6-4-5-7-16(15)18/h8-9,12,15-19H,3-7,10-11H2,1-2H3. The van der Waals surface area contributed by atoms with Crippen molar-refractivity contribution >= 4 is 0 Å². The minimum absolute atomic E-state index is 0.651. The van der Waals surface area contributed by atoms with E-state index in [1.54, 1.807) is 0 Å². The van der Waals surface area contributed by atoms with Crippen LogP contribution >= 0.6 is 0 Å². The molecule has 3 rings (SSSR count). The summed E-state index contributed by atoms with van der Waals surface area (Å²) in [6.07, 6.45) is 10.2. The summed E-state index contributed by atoms with van der Waals surface area (Å²) in [7, 11) is 0. The highest BCUT2D eigenvalue weighted by Crippen LogP contribution is 2.57. The molecule has 1 aromatic heterocycles. The number of aryl methyl sites for hydroxylation is 1. The number of fused-ring (bicyclic) bond motifs is 1. The third-order valence-corrected chi connectivity index (χ3v) is 5.25. The Hall–Kier alpha value is -0.890. The van der Waals surface area contributed by atoms with Crippen molar-refractivity contribution in [3.05, 3.63) is 29.6 Å². The zero-order valence-corrected chi connectivity index (χ0v) is 12.9. The van der Waals surface area contributed by atoms with Crippen molar-refractivity contribution in [3.8, 4) is 0 Å². The molecule has 0 radical (unpaired) electrons. The lowest BCUT2D eigenvalue weighted by atomic mass is 10.0. The molecule has 1 heterocycles. The molecule has 2 fully saturated rings. The zero-order valence-electron chi connectivity index (χ0n) is 12.9. The van der Waals surface area contributed by atoms with Gasteiger partial charge < -0.3 is 5.32 Å². The Morgan fingerprint density at radius 2 is 2.00 bits per heavy atom. The Balaban J connectivity index is 1.65. The highest BCUT2D eigenvalue weighted by molar-refractivity contribution is 5.15. The van der Waals surface area contributed by atoms with Crippen LogP contribution in [0, 0.1) is 24.7 Å². The molecule has 0 aliphatic heterocycles. The summed E-state index contributed by atoms with van der Waals surface area (Å²) in [5, 5.41) is 3.81. The Morgan fingerprint density at radius 3 is 2.60 bits per heavy atom. The van der Waals surface area contributed by atoms with Crippen molar-refractivity contribution in [1.82, 2.24) is 10.3 Å². The van der Waals surface area contributed by atoms with Gasteiger partial charge in [-0.2, -0.15) is 0 Å². The molecule has 0 saturated heterocycles. The van der Waals surface area contributed by atoms with Crippen molar-refractivity contribution < 1.29 is 0 Å². The van der Waals surface area contributed by atoms with E-state index >= 15 is 0 Å². The van der Waals surface area contributed by atoms with Crippen LogP contribution in [0.25, 0.3) is 0 Å². The lowest BCUT2D eigenvalue weighted by Crippen LogP contribution is -2.35. The molecule has 0 aromatic carbocycles. The molecule has 3 atom stereocenters. The summed E-state index contributed by atoms with van der Waals surface area (Å²) in [5.41, 5.74) is 2.51. The van der Waals surface area contributed by atoms with Gasteiger partial charge in [0.2, 0.25) is 0 Å². The minimum Gasteiger partial charge on any atom is -0.313 e. The molecule has 1 aromatic rings. The van der Waals surface area contributed by atoms with Crippen LogP contribution in [-0.4, -0.2) is 17.6 Å². The Morgan fingerprint density at radius 1 is 1.25 bits per heavy atom. The first kappa shape index (κ1) is 14.1. The summed E-state index contributed by atoms with van der Waals surface area (Å²) in [6, 6.07) is 5.06. The number of hydrogen-bond donors (Lipinski definition) is 1. The van der Waals surface area contributed by atoms with Crippen LogP contribution in [0.2, 0.25) is 0 Å². The van der Waals surface area contributed by atoms with Gasteiger partial charge in [0.05, 0.1) is 0 Å². The molecule has 2 saturated carbocycles. The SMILES string of the molecule is CCCNC(Cc1ccc(C)cn1)C1C2CCCCC21. The van der Waals surface area contributed by atoms with E-state index in [0.29, 0.717) is 6.04 Å². The lowest BCUT2D eigenvalue weighted by Gasteiger charge is -2.19. The Bertz CT molecular complexity index is 414. The first-order valence-electron chi connectivity index (χ1n) is 8.44. The number of aromatic nitrogens is 1. The van der Waals surface area contributed by atoms with Crippen LogP contribution in [0.5, 0.6) is 0 Å². The van der Waals surface area contributed by atoms with E-state index in [0.717, 1.165) is 30.7 Å². The van der Waals surface area contributed by atoms with Crippen molar-refractivity contribution in [2.75, 3.05) is 6.54 Å². The van der Waals surface area contributed by atoms with E-state index in [2.05, 4.69) is 36.3 Å². The van der Waals surface area contributed by atoms with Gasteiger partial charge in [-0.3, -0.25) is 4.98 Å². The molecule has 0 bridgehead atoms. The second kappa shape index (κ2) is 6.26. The van der Waals surface area contributed by atoms with E-state index < -0.39 is 0 Å². The molecule has 0 spiro atoms. The average Bonchev–Trinajstić information content (AvgIpc) is 3.20. The molecule has 110 valence electrons. The van der Waals surface area contributed by atoms with Crippen molar-refractivity contribution in [2.45, 2.75) is 58.4 Å². The highest BCUT2D eigenvalue weighted by Gasteiger charge is 2.53. The second-order valence-corrected chi connectivity index (χ2v) is 6.78. The van der Waals surface area contributed by atoms with Crippen LogP contribution in [0.3, 0.4) is 0 Å². The normalized spacial score (nSPS) is 29.8. The van der Waals surface area contributed by atoms with Crippen LogP contribution < -0.4 is 5.32 Å². The van der Waals surface area contributed by atoms with E-state index in [-0.39, 0.29) is 0 Å². The minimum atomic E-state index is 0.651. The lowest BCUT2D eigenvalue weighted by molar-refractivity contribution is 0.424. The van der Waals surface area contributed by atoms with E-state index in [1.807, 2.05) is 6.20 Å². The number of nitrogens with one attached hydrogen (secondary N) is 1. The van der Waals surface area contributed by atoms with Crippen molar-refractivity contribution in [3.63, 3.8) is 0 Å². The fraction of sp³-hybridized carbons (Fsp3) is 0.722. The van der Waals surface area contributed by atoms with Crippen LogP contribution in [0.4, 0.5) is 0 Å². The Labute approximate surface area is 123 Å². The number of pyridine rings is 1. The second-order valence-electron chi connectivity index (χ2n) is 6.78. The van der Waals surface area contributed by atoms with Crippen molar-refractivity contribution in [2.24, 2.45) is 17.8 Å². The first-order valence-corrected chi connectivity index (χ1v) is 8.44. The predicted molar refractivity (Wildman–Crippen MR) is 83.7 cm³/mol. The van der Waals surface area contributed by atoms with E-state index in [1.165, 1.54) is 43.4 Å². The van der Waals surface area contributed by atoms with Gasteiger partial charge >= 0.3 is 0 Å². The summed E-state index contributed by atoms with van der Waals surface area (Å²) in [6.45, 7) is 5.51. The third kappa shape index (κ3) is 3.06. The number of rotatable bonds is 6. The molecule has 2 aliphatic rings. The summed E-state index contributed by atoms with van der Waals surface area (Å²) in [4.78, 5) is 4.61. The average molecular weight is 272 g/mol.